The molecule has 2 rings (SSSR count). The molecule has 2 heterocycles. The molecule has 1 unspecified atom stereocenters. The zero-order valence-electron chi connectivity index (χ0n) is 5.49. The molecule has 0 spiro atoms. The molecule has 0 saturated heterocycles. The minimum Gasteiger partial charge on any atom is -0.481 e. The van der Waals surface area contributed by atoms with Crippen LogP contribution in [0.2, 0.25) is 0 Å². The Labute approximate surface area is 63.6 Å². The Balaban J connectivity index is 2.04. The molecule has 2 aliphatic heterocycles. The van der Waals surface area contributed by atoms with E-state index in [2.05, 4.69) is 9.98 Å². The van der Waals surface area contributed by atoms with Gasteiger partial charge in [-0.1, -0.05) is 0 Å². The van der Waals surface area contributed by atoms with E-state index in [9.17, 15) is 0 Å². The fourth-order valence-electron chi connectivity index (χ4n) is 0.982. The molecule has 0 aromatic rings. The molecule has 0 radical (unpaired) electrons. The summed E-state index contributed by atoms with van der Waals surface area (Å²) in [5, 5.41) is 1.15. The number of hydrogen-bond donors (Lipinski definition) is 0. The van der Waals surface area contributed by atoms with Crippen molar-refractivity contribution in [2.45, 2.75) is 6.04 Å². The van der Waals surface area contributed by atoms with Gasteiger partial charge in [-0.15, -0.1) is 11.8 Å². The Bertz CT molecular complexity index is 190. The molecule has 0 aromatic carbocycles. The van der Waals surface area contributed by atoms with E-state index in [4.69, 9.17) is 4.74 Å². The van der Waals surface area contributed by atoms with Crippen molar-refractivity contribution in [3.8, 4) is 0 Å². The van der Waals surface area contributed by atoms with Crippen molar-refractivity contribution in [2.24, 2.45) is 9.98 Å². The normalized spacial score (nSPS) is 30.4. The van der Waals surface area contributed by atoms with Crippen LogP contribution in [0, 0.1) is 0 Å². The lowest BCUT2D eigenvalue weighted by Crippen LogP contribution is -2.15. The van der Waals surface area contributed by atoms with Gasteiger partial charge in [-0.2, -0.15) is 0 Å². The first-order valence-electron chi connectivity index (χ1n) is 3.27. The van der Waals surface area contributed by atoms with Crippen LogP contribution in [0.3, 0.4) is 0 Å². The van der Waals surface area contributed by atoms with Crippen LogP contribution in [0.15, 0.2) is 9.98 Å². The Morgan fingerprint density at radius 1 is 1.70 bits per heavy atom. The van der Waals surface area contributed by atoms with Crippen LogP contribution in [0.25, 0.3) is 0 Å². The zero-order valence-corrected chi connectivity index (χ0v) is 6.30. The lowest BCUT2D eigenvalue weighted by molar-refractivity contribution is 0.349. The largest absolute Gasteiger partial charge is 0.481 e. The van der Waals surface area contributed by atoms with Crippen LogP contribution < -0.4 is 0 Å². The van der Waals surface area contributed by atoms with Gasteiger partial charge in [0, 0.05) is 12.3 Å². The molecule has 0 amide bonds. The van der Waals surface area contributed by atoms with Crippen LogP contribution >= 0.6 is 11.8 Å². The minimum absolute atomic E-state index is 0.215. The predicted octanol–water partition coefficient (Wildman–Crippen LogP) is 0.559. The van der Waals surface area contributed by atoms with E-state index in [0.29, 0.717) is 6.61 Å². The van der Waals surface area contributed by atoms with E-state index in [1.54, 1.807) is 11.8 Å². The average molecular weight is 156 g/mol. The second-order valence-electron chi connectivity index (χ2n) is 2.17. The molecular formula is C6H8N2OS. The van der Waals surface area contributed by atoms with E-state index in [1.165, 1.54) is 6.40 Å². The van der Waals surface area contributed by atoms with Crippen LogP contribution in [-0.4, -0.2) is 36.4 Å². The zero-order chi connectivity index (χ0) is 6.81. The Kier molecular flexibility index (Phi) is 1.63. The summed E-state index contributed by atoms with van der Waals surface area (Å²) in [5.41, 5.74) is 0. The SMILES string of the molecule is C1=NC(C2=NCCS2)CO1. The summed E-state index contributed by atoms with van der Waals surface area (Å²) in [6.45, 7) is 1.64. The number of hydrogen-bond acceptors (Lipinski definition) is 4. The monoisotopic (exact) mass is 156 g/mol. The molecule has 54 valence electrons. The molecule has 2 aliphatic rings. The van der Waals surface area contributed by atoms with Crippen LogP contribution in [0.4, 0.5) is 0 Å². The summed E-state index contributed by atoms with van der Waals surface area (Å²) in [6.07, 6.45) is 1.52. The van der Waals surface area contributed by atoms with Gasteiger partial charge in [-0.25, -0.2) is 4.99 Å². The third-order valence-corrected chi connectivity index (χ3v) is 2.55. The molecular weight excluding hydrogens is 148 g/mol. The first kappa shape index (κ1) is 6.22. The Morgan fingerprint density at radius 2 is 2.70 bits per heavy atom. The van der Waals surface area contributed by atoms with Gasteiger partial charge in [-0.05, 0) is 0 Å². The first-order valence-corrected chi connectivity index (χ1v) is 4.26. The standard InChI is InChI=1S/C6H8N2OS/c1-2-10-6(7-1)5-3-9-4-8-5/h4-5H,1-3H2. The average Bonchev–Trinajstić information content (AvgIpc) is 2.59. The topological polar surface area (TPSA) is 34.0 Å². The van der Waals surface area contributed by atoms with E-state index in [-0.39, 0.29) is 6.04 Å². The van der Waals surface area contributed by atoms with Crippen LogP contribution in [0.1, 0.15) is 0 Å². The van der Waals surface area contributed by atoms with Crippen molar-refractivity contribution in [1.29, 1.82) is 0 Å². The molecule has 4 heteroatoms. The molecule has 0 aromatic heterocycles. The smallest absolute Gasteiger partial charge is 0.170 e. The van der Waals surface area contributed by atoms with Crippen molar-refractivity contribution in [3.05, 3.63) is 0 Å². The Hall–Kier alpha value is -0.510. The van der Waals surface area contributed by atoms with Gasteiger partial charge in [0.05, 0.1) is 5.04 Å². The molecule has 0 N–H and O–H groups in total. The van der Waals surface area contributed by atoms with Crippen molar-refractivity contribution in [3.63, 3.8) is 0 Å². The lowest BCUT2D eigenvalue weighted by Gasteiger charge is -2.01. The lowest BCUT2D eigenvalue weighted by atomic mass is 10.4. The number of thioether (sulfide) groups is 1. The highest BCUT2D eigenvalue weighted by Crippen LogP contribution is 2.18. The molecule has 0 bridgehead atoms. The molecule has 0 aliphatic carbocycles. The number of ether oxygens (including phenoxy) is 1. The maximum Gasteiger partial charge on any atom is 0.170 e. The molecule has 0 saturated carbocycles. The van der Waals surface area contributed by atoms with Crippen molar-refractivity contribution in [1.82, 2.24) is 0 Å². The fraction of sp³-hybridized carbons (Fsp3) is 0.667. The summed E-state index contributed by atoms with van der Waals surface area (Å²) < 4.78 is 4.98. The van der Waals surface area contributed by atoms with Gasteiger partial charge >= 0.3 is 0 Å². The van der Waals surface area contributed by atoms with E-state index in [1.807, 2.05) is 0 Å². The van der Waals surface area contributed by atoms with Gasteiger partial charge in [0.15, 0.2) is 6.40 Å². The van der Waals surface area contributed by atoms with E-state index in [0.717, 1.165) is 17.3 Å². The van der Waals surface area contributed by atoms with Crippen molar-refractivity contribution >= 4 is 23.2 Å². The number of aliphatic imine (C=N–C) groups is 2. The highest BCUT2D eigenvalue weighted by Gasteiger charge is 2.21. The Morgan fingerprint density at radius 3 is 3.30 bits per heavy atom. The highest BCUT2D eigenvalue weighted by atomic mass is 32.2. The molecule has 0 fully saturated rings. The molecule has 3 nitrogen and oxygen atoms in total. The van der Waals surface area contributed by atoms with Crippen molar-refractivity contribution < 1.29 is 4.74 Å². The van der Waals surface area contributed by atoms with Crippen molar-refractivity contribution in [2.75, 3.05) is 18.9 Å². The van der Waals surface area contributed by atoms with Crippen LogP contribution in [0.5, 0.6) is 0 Å². The summed E-state index contributed by atoms with van der Waals surface area (Å²) in [5.74, 6) is 1.11. The molecule has 10 heavy (non-hydrogen) atoms. The van der Waals surface area contributed by atoms with Gasteiger partial charge in [0.2, 0.25) is 0 Å². The van der Waals surface area contributed by atoms with Gasteiger partial charge in [0.1, 0.15) is 12.6 Å². The van der Waals surface area contributed by atoms with Gasteiger partial charge < -0.3 is 4.74 Å². The van der Waals surface area contributed by atoms with Crippen LogP contribution in [-0.2, 0) is 4.74 Å². The number of rotatable bonds is 1. The highest BCUT2D eigenvalue weighted by molar-refractivity contribution is 8.14. The minimum atomic E-state index is 0.215. The summed E-state index contributed by atoms with van der Waals surface area (Å²) in [4.78, 5) is 8.42. The fourth-order valence-corrected chi connectivity index (χ4v) is 1.88. The quantitative estimate of drug-likeness (QED) is 0.556. The number of nitrogens with zero attached hydrogens (tertiary/aromatic N) is 2. The second kappa shape index (κ2) is 2.62. The van der Waals surface area contributed by atoms with Gasteiger partial charge in [0.25, 0.3) is 0 Å². The maximum atomic E-state index is 4.98. The van der Waals surface area contributed by atoms with Gasteiger partial charge in [-0.3, -0.25) is 4.99 Å². The second-order valence-corrected chi connectivity index (χ2v) is 3.29. The summed E-state index contributed by atoms with van der Waals surface area (Å²) in [6, 6.07) is 0.215. The first-order chi connectivity index (χ1) is 4.97. The summed E-state index contributed by atoms with van der Waals surface area (Å²) >= 11 is 1.80. The maximum absolute atomic E-state index is 4.98. The molecule has 1 atom stereocenters. The van der Waals surface area contributed by atoms with E-state index < -0.39 is 0 Å². The third-order valence-electron chi connectivity index (χ3n) is 1.46. The summed E-state index contributed by atoms with van der Waals surface area (Å²) in [7, 11) is 0. The third kappa shape index (κ3) is 1.03. The predicted molar refractivity (Wildman–Crippen MR) is 43.0 cm³/mol. The van der Waals surface area contributed by atoms with E-state index >= 15 is 0 Å².